The number of anilines is 1. The SMILES string of the molecule is O=c1c(C(=NCCc2ccc(C(F)(F)F)cc2)NO)c[nH]c2cc(N3CCOCC3)c(F)cc12. The van der Waals surface area contributed by atoms with Crippen molar-refractivity contribution >= 4 is 22.4 Å². The first kappa shape index (κ1) is 23.7. The lowest BCUT2D eigenvalue weighted by Gasteiger charge is -2.29. The van der Waals surface area contributed by atoms with Crippen LogP contribution in [0.1, 0.15) is 16.7 Å². The lowest BCUT2D eigenvalue weighted by Crippen LogP contribution is -2.36. The Morgan fingerprint density at radius 3 is 2.53 bits per heavy atom. The van der Waals surface area contributed by atoms with Gasteiger partial charge in [0.2, 0.25) is 0 Å². The van der Waals surface area contributed by atoms with Gasteiger partial charge in [0.1, 0.15) is 5.82 Å². The zero-order valence-electron chi connectivity index (χ0n) is 18.0. The van der Waals surface area contributed by atoms with E-state index < -0.39 is 23.0 Å². The second-order valence-corrected chi connectivity index (χ2v) is 7.77. The molecule has 1 fully saturated rings. The fraction of sp³-hybridized carbons (Fsp3) is 0.304. The summed E-state index contributed by atoms with van der Waals surface area (Å²) in [4.78, 5) is 21.9. The topological polar surface area (TPSA) is 89.9 Å². The summed E-state index contributed by atoms with van der Waals surface area (Å²) in [5.41, 5.74) is 2.01. The van der Waals surface area contributed by atoms with E-state index in [0.717, 1.165) is 18.2 Å². The molecule has 0 amide bonds. The molecular formula is C23H22F4N4O3. The highest BCUT2D eigenvalue weighted by Crippen LogP contribution is 2.29. The van der Waals surface area contributed by atoms with Crippen LogP contribution in [0, 0.1) is 5.82 Å². The molecule has 4 rings (SSSR count). The van der Waals surface area contributed by atoms with Crippen molar-refractivity contribution in [2.45, 2.75) is 12.6 Å². The Morgan fingerprint density at radius 2 is 1.88 bits per heavy atom. The largest absolute Gasteiger partial charge is 0.416 e. The maximum absolute atomic E-state index is 14.8. The lowest BCUT2D eigenvalue weighted by atomic mass is 10.1. The van der Waals surface area contributed by atoms with Crippen molar-refractivity contribution in [1.82, 2.24) is 10.5 Å². The van der Waals surface area contributed by atoms with Crippen molar-refractivity contribution in [3.8, 4) is 0 Å². The van der Waals surface area contributed by atoms with Gasteiger partial charge in [0, 0.05) is 31.2 Å². The summed E-state index contributed by atoms with van der Waals surface area (Å²) in [5.74, 6) is -0.678. The number of nitrogens with one attached hydrogen (secondary N) is 2. The molecule has 0 spiro atoms. The molecule has 2 aromatic carbocycles. The van der Waals surface area contributed by atoms with Crippen molar-refractivity contribution < 1.29 is 27.5 Å². The minimum absolute atomic E-state index is 0.000872. The van der Waals surface area contributed by atoms with Crippen LogP contribution in [0.2, 0.25) is 0 Å². The summed E-state index contributed by atoms with van der Waals surface area (Å²) in [7, 11) is 0. The van der Waals surface area contributed by atoms with E-state index >= 15 is 0 Å². The van der Waals surface area contributed by atoms with Crippen molar-refractivity contribution in [3.63, 3.8) is 0 Å². The predicted octanol–water partition coefficient (Wildman–Crippen LogP) is 3.49. The molecular weight excluding hydrogens is 456 g/mol. The van der Waals surface area contributed by atoms with Crippen molar-refractivity contribution in [2.24, 2.45) is 4.99 Å². The van der Waals surface area contributed by atoms with Crippen molar-refractivity contribution in [1.29, 1.82) is 0 Å². The van der Waals surface area contributed by atoms with E-state index in [4.69, 9.17) is 4.74 Å². The number of benzene rings is 2. The molecule has 11 heteroatoms. The summed E-state index contributed by atoms with van der Waals surface area (Å²) >= 11 is 0. The summed E-state index contributed by atoms with van der Waals surface area (Å²) in [5, 5.41) is 9.61. The number of nitrogens with zero attached hydrogens (tertiary/aromatic N) is 2. The Balaban J connectivity index is 1.55. The zero-order chi connectivity index (χ0) is 24.3. The lowest BCUT2D eigenvalue weighted by molar-refractivity contribution is -0.137. The third-order valence-electron chi connectivity index (χ3n) is 5.61. The molecule has 0 saturated carbocycles. The number of hydrogen-bond donors (Lipinski definition) is 3. The molecule has 0 radical (unpaired) electrons. The van der Waals surface area contributed by atoms with Crippen LogP contribution in [-0.4, -0.2) is 48.9 Å². The van der Waals surface area contributed by atoms with Crippen LogP contribution in [0.4, 0.5) is 23.2 Å². The molecule has 1 saturated heterocycles. The molecule has 0 aliphatic carbocycles. The minimum atomic E-state index is -4.41. The molecule has 2 heterocycles. The number of aromatic nitrogens is 1. The van der Waals surface area contributed by atoms with E-state index in [9.17, 15) is 27.6 Å². The fourth-order valence-corrected chi connectivity index (χ4v) is 3.79. The molecule has 1 aliphatic heterocycles. The second-order valence-electron chi connectivity index (χ2n) is 7.77. The van der Waals surface area contributed by atoms with Crippen LogP contribution in [0.15, 0.2) is 52.4 Å². The standard InChI is InChI=1S/C23H22F4N4O3/c24-18-11-16-19(12-20(18)31-7-9-34-10-8-31)29-13-17(21(16)32)22(30-33)28-6-5-14-1-3-15(4-2-14)23(25,26)27/h1-4,11-13,33H,5-10H2,(H,28,30)(H,29,32). The summed E-state index contributed by atoms with van der Waals surface area (Å²) in [6.07, 6.45) is -2.76. The molecule has 1 aromatic heterocycles. The molecule has 1 aliphatic rings. The number of pyridine rings is 1. The fourth-order valence-electron chi connectivity index (χ4n) is 3.79. The highest BCUT2D eigenvalue weighted by molar-refractivity contribution is 6.00. The number of aromatic amines is 1. The average Bonchev–Trinajstić information content (AvgIpc) is 2.83. The average molecular weight is 478 g/mol. The van der Waals surface area contributed by atoms with E-state index in [1.165, 1.54) is 18.3 Å². The number of morpholine rings is 1. The smallest absolute Gasteiger partial charge is 0.378 e. The number of ether oxygens (including phenoxy) is 1. The number of fused-ring (bicyclic) bond motifs is 1. The van der Waals surface area contributed by atoms with Crippen LogP contribution in [-0.2, 0) is 17.3 Å². The molecule has 180 valence electrons. The van der Waals surface area contributed by atoms with Gasteiger partial charge in [0.15, 0.2) is 11.3 Å². The first-order chi connectivity index (χ1) is 16.3. The van der Waals surface area contributed by atoms with Gasteiger partial charge < -0.3 is 14.6 Å². The van der Waals surface area contributed by atoms with Gasteiger partial charge in [-0.3, -0.25) is 20.5 Å². The Hall–Kier alpha value is -3.44. The Bertz CT molecular complexity index is 1250. The second kappa shape index (κ2) is 9.82. The minimum Gasteiger partial charge on any atom is -0.378 e. The summed E-state index contributed by atoms with van der Waals surface area (Å²) in [6.45, 7) is 2.14. The number of H-pyrrole nitrogens is 1. The van der Waals surface area contributed by atoms with Crippen LogP contribution < -0.4 is 15.8 Å². The number of amidine groups is 1. The molecule has 0 bridgehead atoms. The van der Waals surface area contributed by atoms with Crippen LogP contribution >= 0.6 is 0 Å². The third-order valence-corrected chi connectivity index (χ3v) is 5.61. The highest BCUT2D eigenvalue weighted by atomic mass is 19.4. The Morgan fingerprint density at radius 1 is 1.18 bits per heavy atom. The first-order valence-electron chi connectivity index (χ1n) is 10.6. The number of rotatable bonds is 5. The summed E-state index contributed by atoms with van der Waals surface area (Å²) < 4.78 is 58.1. The molecule has 34 heavy (non-hydrogen) atoms. The van der Waals surface area contributed by atoms with E-state index in [0.29, 0.717) is 43.1 Å². The maximum atomic E-state index is 14.8. The number of alkyl halides is 3. The monoisotopic (exact) mass is 478 g/mol. The van der Waals surface area contributed by atoms with Crippen LogP contribution in [0.5, 0.6) is 0 Å². The first-order valence-corrected chi connectivity index (χ1v) is 10.6. The van der Waals surface area contributed by atoms with Gasteiger partial charge in [0.05, 0.1) is 35.5 Å². The molecule has 0 unspecified atom stereocenters. The van der Waals surface area contributed by atoms with Crippen molar-refractivity contribution in [2.75, 3.05) is 37.7 Å². The number of hydroxylamine groups is 1. The van der Waals surface area contributed by atoms with Crippen LogP contribution in [0.25, 0.3) is 10.9 Å². The van der Waals surface area contributed by atoms with Gasteiger partial charge in [0.25, 0.3) is 0 Å². The van der Waals surface area contributed by atoms with Gasteiger partial charge in [-0.25, -0.2) is 4.39 Å². The van der Waals surface area contributed by atoms with E-state index in [1.54, 1.807) is 6.07 Å². The molecule has 3 aromatic rings. The van der Waals surface area contributed by atoms with E-state index in [-0.39, 0.29) is 29.8 Å². The van der Waals surface area contributed by atoms with Gasteiger partial charge in [-0.1, -0.05) is 12.1 Å². The van der Waals surface area contributed by atoms with Crippen molar-refractivity contribution in [3.05, 3.63) is 75.3 Å². The van der Waals surface area contributed by atoms with Crippen LogP contribution in [0.3, 0.4) is 0 Å². The Labute approximate surface area is 191 Å². The normalized spacial score (nSPS) is 15.1. The molecule has 3 N–H and O–H groups in total. The number of halogens is 4. The Kier molecular flexibility index (Phi) is 6.85. The van der Waals surface area contributed by atoms with E-state index in [1.807, 2.05) is 10.4 Å². The quantitative estimate of drug-likeness (QED) is 0.226. The number of aliphatic imine (C=N–C) groups is 1. The van der Waals surface area contributed by atoms with Gasteiger partial charge in [-0.05, 0) is 36.2 Å². The maximum Gasteiger partial charge on any atom is 0.416 e. The third kappa shape index (κ3) is 5.05. The number of hydrogen-bond acceptors (Lipinski definition) is 5. The molecule has 7 nitrogen and oxygen atoms in total. The van der Waals surface area contributed by atoms with Gasteiger partial charge in [-0.15, -0.1) is 0 Å². The van der Waals surface area contributed by atoms with Gasteiger partial charge >= 0.3 is 6.18 Å². The predicted molar refractivity (Wildman–Crippen MR) is 119 cm³/mol. The highest BCUT2D eigenvalue weighted by Gasteiger charge is 2.29. The zero-order valence-corrected chi connectivity index (χ0v) is 18.0. The summed E-state index contributed by atoms with van der Waals surface area (Å²) in [6, 6.07) is 7.38. The van der Waals surface area contributed by atoms with Gasteiger partial charge in [-0.2, -0.15) is 13.2 Å². The molecule has 0 atom stereocenters. The van der Waals surface area contributed by atoms with E-state index in [2.05, 4.69) is 9.98 Å².